The molecule has 1 saturated heterocycles. The van der Waals surface area contributed by atoms with E-state index in [9.17, 15) is 17.2 Å². The molecule has 1 fully saturated rings. The van der Waals surface area contributed by atoms with Gasteiger partial charge in [0.05, 0.1) is 23.1 Å². The van der Waals surface area contributed by atoms with E-state index in [-0.39, 0.29) is 28.5 Å². The molecule has 8 heteroatoms. The lowest BCUT2D eigenvalue weighted by molar-refractivity contribution is 0.470. The smallest absolute Gasteiger partial charge is 0.201 e. The van der Waals surface area contributed by atoms with Gasteiger partial charge in [-0.25, -0.2) is 22.2 Å². The number of aromatic nitrogens is 2. The molecular formula is C12H13F2N3O2S. The summed E-state index contributed by atoms with van der Waals surface area (Å²) in [6.45, 7) is 0. The molecule has 0 bridgehead atoms. The van der Waals surface area contributed by atoms with Gasteiger partial charge in [-0.3, -0.25) is 0 Å². The highest BCUT2D eigenvalue weighted by Crippen LogP contribution is 2.31. The Morgan fingerprint density at radius 1 is 1.35 bits per heavy atom. The van der Waals surface area contributed by atoms with E-state index >= 15 is 0 Å². The van der Waals surface area contributed by atoms with Crippen LogP contribution in [0.25, 0.3) is 11.0 Å². The van der Waals surface area contributed by atoms with Crippen LogP contribution in [-0.2, 0) is 9.84 Å². The van der Waals surface area contributed by atoms with Crippen molar-refractivity contribution in [3.8, 4) is 0 Å². The molecule has 0 amide bonds. The lowest BCUT2D eigenvalue weighted by Gasteiger charge is -2.24. The molecule has 1 aromatic carbocycles. The van der Waals surface area contributed by atoms with Crippen LogP contribution in [0, 0.1) is 11.6 Å². The number of anilines is 1. The topological polar surface area (TPSA) is 78.0 Å². The highest BCUT2D eigenvalue weighted by molar-refractivity contribution is 7.91. The van der Waals surface area contributed by atoms with Crippen LogP contribution in [0.2, 0.25) is 0 Å². The van der Waals surface area contributed by atoms with Gasteiger partial charge >= 0.3 is 0 Å². The van der Waals surface area contributed by atoms with Crippen molar-refractivity contribution in [2.45, 2.75) is 18.9 Å². The second-order valence-electron chi connectivity index (χ2n) is 4.98. The third-order valence-electron chi connectivity index (χ3n) is 3.57. The Bertz CT molecular complexity index is 786. The summed E-state index contributed by atoms with van der Waals surface area (Å²) in [5, 5.41) is 0. The summed E-state index contributed by atoms with van der Waals surface area (Å²) in [5.41, 5.74) is 5.92. The molecule has 0 aliphatic carbocycles. The number of nitrogen functional groups attached to an aromatic ring is 1. The minimum absolute atomic E-state index is 0.00611. The Labute approximate surface area is 114 Å². The zero-order chi connectivity index (χ0) is 14.5. The van der Waals surface area contributed by atoms with Crippen molar-refractivity contribution >= 4 is 26.8 Å². The number of benzene rings is 1. The number of hydrogen-bond acceptors (Lipinski definition) is 4. The molecule has 20 heavy (non-hydrogen) atoms. The Hall–Kier alpha value is -1.70. The molecule has 0 spiro atoms. The van der Waals surface area contributed by atoms with E-state index in [1.807, 2.05) is 0 Å². The van der Waals surface area contributed by atoms with Crippen LogP contribution in [0.4, 0.5) is 14.7 Å². The highest BCUT2D eigenvalue weighted by Gasteiger charge is 2.29. The molecule has 3 rings (SSSR count). The largest absolute Gasteiger partial charge is 0.369 e. The fraction of sp³-hybridized carbons (Fsp3) is 0.417. The Kier molecular flexibility index (Phi) is 2.93. The van der Waals surface area contributed by atoms with Gasteiger partial charge in [0.1, 0.15) is 5.52 Å². The van der Waals surface area contributed by atoms with E-state index in [0.29, 0.717) is 12.8 Å². The van der Waals surface area contributed by atoms with Gasteiger partial charge in [0, 0.05) is 0 Å². The summed E-state index contributed by atoms with van der Waals surface area (Å²) in [6, 6.07) is 1.80. The third kappa shape index (κ3) is 2.04. The van der Waals surface area contributed by atoms with Crippen molar-refractivity contribution in [3.05, 3.63) is 23.8 Å². The van der Waals surface area contributed by atoms with Crippen molar-refractivity contribution in [2.24, 2.45) is 0 Å². The van der Waals surface area contributed by atoms with Crippen molar-refractivity contribution < 1.29 is 17.2 Å². The van der Waals surface area contributed by atoms with Crippen LogP contribution in [0.15, 0.2) is 12.1 Å². The van der Waals surface area contributed by atoms with Crippen LogP contribution >= 0.6 is 0 Å². The summed E-state index contributed by atoms with van der Waals surface area (Å²) < 4.78 is 52.1. The lowest BCUT2D eigenvalue weighted by atomic mass is 10.1. The number of imidazole rings is 1. The SMILES string of the molecule is Nc1nc2ccc(F)c(F)c2n1C1CCCS(=O)(=O)C1. The van der Waals surface area contributed by atoms with Crippen molar-refractivity contribution in [1.29, 1.82) is 0 Å². The first-order valence-electron chi connectivity index (χ1n) is 6.21. The van der Waals surface area contributed by atoms with Gasteiger partial charge < -0.3 is 10.3 Å². The first-order valence-corrected chi connectivity index (χ1v) is 8.03. The number of nitrogens with two attached hydrogens (primary N) is 1. The lowest BCUT2D eigenvalue weighted by Crippen LogP contribution is -2.28. The maximum atomic E-state index is 14.0. The van der Waals surface area contributed by atoms with E-state index in [4.69, 9.17) is 5.73 Å². The molecule has 5 nitrogen and oxygen atoms in total. The second kappa shape index (κ2) is 4.41. The van der Waals surface area contributed by atoms with Crippen LogP contribution in [0.3, 0.4) is 0 Å². The van der Waals surface area contributed by atoms with Gasteiger partial charge in [0.25, 0.3) is 0 Å². The molecule has 1 aliphatic rings. The molecule has 1 aliphatic heterocycles. The van der Waals surface area contributed by atoms with Gasteiger partial charge in [-0.05, 0) is 25.0 Å². The molecule has 2 N–H and O–H groups in total. The molecule has 0 saturated carbocycles. The normalized spacial score (nSPS) is 22.2. The molecule has 0 radical (unpaired) electrons. The predicted molar refractivity (Wildman–Crippen MR) is 71.0 cm³/mol. The minimum Gasteiger partial charge on any atom is -0.369 e. The fourth-order valence-corrected chi connectivity index (χ4v) is 4.39. The maximum absolute atomic E-state index is 14.0. The van der Waals surface area contributed by atoms with Gasteiger partial charge in [-0.15, -0.1) is 0 Å². The van der Waals surface area contributed by atoms with Crippen LogP contribution in [0.5, 0.6) is 0 Å². The number of halogens is 2. The maximum Gasteiger partial charge on any atom is 0.201 e. The standard InChI is InChI=1S/C12H13F2N3O2S/c13-8-3-4-9-11(10(8)14)17(12(15)16-9)7-2-1-5-20(18,19)6-7/h3-4,7H,1-2,5-6H2,(H2,15,16). The Morgan fingerprint density at radius 3 is 2.80 bits per heavy atom. The third-order valence-corrected chi connectivity index (χ3v) is 5.38. The number of hydrogen-bond donors (Lipinski definition) is 1. The number of rotatable bonds is 1. The average molecular weight is 301 g/mol. The molecular weight excluding hydrogens is 288 g/mol. The molecule has 108 valence electrons. The van der Waals surface area contributed by atoms with Crippen molar-refractivity contribution in [1.82, 2.24) is 9.55 Å². The Morgan fingerprint density at radius 2 is 2.10 bits per heavy atom. The highest BCUT2D eigenvalue weighted by atomic mass is 32.2. The molecule has 1 aromatic heterocycles. The van der Waals surface area contributed by atoms with Crippen LogP contribution in [-0.4, -0.2) is 29.5 Å². The summed E-state index contributed by atoms with van der Waals surface area (Å²) in [5.74, 6) is -2.05. The summed E-state index contributed by atoms with van der Waals surface area (Å²) in [7, 11) is -3.19. The monoisotopic (exact) mass is 301 g/mol. The second-order valence-corrected chi connectivity index (χ2v) is 7.21. The van der Waals surface area contributed by atoms with E-state index in [1.54, 1.807) is 0 Å². The molecule has 1 unspecified atom stereocenters. The van der Waals surface area contributed by atoms with Gasteiger partial charge in [0.2, 0.25) is 5.95 Å². The first kappa shape index (κ1) is 13.3. The first-order chi connectivity index (χ1) is 9.39. The quantitative estimate of drug-likeness (QED) is 0.868. The van der Waals surface area contributed by atoms with Crippen LogP contribution in [0.1, 0.15) is 18.9 Å². The number of sulfone groups is 1. The van der Waals surface area contributed by atoms with Gasteiger partial charge in [-0.1, -0.05) is 0 Å². The van der Waals surface area contributed by atoms with Crippen LogP contribution < -0.4 is 5.73 Å². The van der Waals surface area contributed by atoms with Gasteiger partial charge in [-0.2, -0.15) is 0 Å². The van der Waals surface area contributed by atoms with Gasteiger partial charge in [0.15, 0.2) is 21.5 Å². The average Bonchev–Trinajstić information content (AvgIpc) is 2.70. The molecule has 2 aromatic rings. The number of fused-ring (bicyclic) bond motifs is 1. The van der Waals surface area contributed by atoms with E-state index in [1.165, 1.54) is 10.6 Å². The molecule has 2 heterocycles. The molecule has 1 atom stereocenters. The summed E-state index contributed by atoms with van der Waals surface area (Å²) >= 11 is 0. The van der Waals surface area contributed by atoms with Crippen molar-refractivity contribution in [3.63, 3.8) is 0 Å². The fourth-order valence-electron chi connectivity index (χ4n) is 2.71. The van der Waals surface area contributed by atoms with Crippen molar-refractivity contribution in [2.75, 3.05) is 17.2 Å². The zero-order valence-corrected chi connectivity index (χ0v) is 11.3. The predicted octanol–water partition coefficient (Wildman–Crippen LogP) is 1.65. The summed E-state index contributed by atoms with van der Waals surface area (Å²) in [6.07, 6.45) is 1.02. The zero-order valence-electron chi connectivity index (χ0n) is 10.5. The minimum atomic E-state index is -3.19. The van der Waals surface area contributed by atoms with E-state index in [2.05, 4.69) is 4.98 Å². The Balaban J connectivity index is 2.20. The summed E-state index contributed by atoms with van der Waals surface area (Å²) in [4.78, 5) is 3.98. The van der Waals surface area contributed by atoms with E-state index < -0.39 is 27.5 Å². The van der Waals surface area contributed by atoms with E-state index in [0.717, 1.165) is 6.07 Å². The number of nitrogens with zero attached hydrogens (tertiary/aromatic N) is 2.